The number of fused-ring (bicyclic) bond motifs is 1. The number of aryl methyl sites for hydroxylation is 1. The number of carbonyl (C=O) groups is 1. The number of nitrogens with zero attached hydrogens (tertiary/aromatic N) is 4. The zero-order valence-electron chi connectivity index (χ0n) is 23.2. The van der Waals surface area contributed by atoms with Gasteiger partial charge in [-0.1, -0.05) is 12.1 Å². The number of hydrogen-bond acceptors (Lipinski definition) is 9. The van der Waals surface area contributed by atoms with Crippen LogP contribution in [0.25, 0.3) is 26.5 Å². The second-order valence-corrected chi connectivity index (χ2v) is 9.92. The summed E-state index contributed by atoms with van der Waals surface area (Å²) in [6, 6.07) is 10.5. The number of hydrogen-bond donors (Lipinski definition) is 2. The zero-order chi connectivity index (χ0) is 30.4. The molecule has 3 heterocycles. The molecule has 0 bridgehead atoms. The molecule has 5 rings (SSSR count). The van der Waals surface area contributed by atoms with Crippen LogP contribution in [0.3, 0.4) is 0 Å². The number of anilines is 1. The minimum Gasteiger partial charge on any atom is -0.480 e. The van der Waals surface area contributed by atoms with Crippen molar-refractivity contribution in [1.82, 2.24) is 24.8 Å². The third-order valence-corrected chi connectivity index (χ3v) is 7.86. The molecule has 42 heavy (non-hydrogen) atoms. The van der Waals surface area contributed by atoms with Crippen LogP contribution in [0.15, 0.2) is 69.3 Å². The highest BCUT2D eigenvalue weighted by Crippen LogP contribution is 2.38. The monoisotopic (exact) mass is 598 g/mol. The van der Waals surface area contributed by atoms with E-state index >= 15 is 0 Å². The van der Waals surface area contributed by atoms with Crippen molar-refractivity contribution < 1.29 is 23.1 Å². The van der Waals surface area contributed by atoms with Crippen LogP contribution >= 0.6 is 11.3 Å². The summed E-state index contributed by atoms with van der Waals surface area (Å²) >= 11 is 1.23. The van der Waals surface area contributed by atoms with Crippen LogP contribution in [0.4, 0.5) is 14.5 Å². The Morgan fingerprint density at radius 2 is 1.83 bits per heavy atom. The third-order valence-electron chi connectivity index (χ3n) is 6.50. The van der Waals surface area contributed by atoms with Crippen LogP contribution in [0, 0.1) is 6.92 Å². The Labute approximate surface area is 242 Å². The molecule has 220 valence electrons. The van der Waals surface area contributed by atoms with Gasteiger partial charge in [0.2, 0.25) is 12.3 Å². The Morgan fingerprint density at radius 3 is 2.38 bits per heavy atom. The van der Waals surface area contributed by atoms with E-state index in [0.29, 0.717) is 16.8 Å². The summed E-state index contributed by atoms with van der Waals surface area (Å²) in [4.78, 5) is 41.8. The van der Waals surface area contributed by atoms with Crippen LogP contribution < -0.4 is 26.8 Å². The van der Waals surface area contributed by atoms with Crippen molar-refractivity contribution in [3.63, 3.8) is 0 Å². The molecule has 4 aromatic rings. The number of carbonyl (C=O) groups excluding carboxylic acids is 1. The average molecular weight is 599 g/mol. The van der Waals surface area contributed by atoms with Gasteiger partial charge in [-0.3, -0.25) is 19.0 Å². The number of halogens is 2. The number of nitrogens with one attached hydrogen (secondary N) is 2. The van der Waals surface area contributed by atoms with E-state index in [1.807, 2.05) is 36.8 Å². The SMILES string of the molecule is CNc1ccc(-c2sc3c(c2C)c(=O)n(-c2ccc(OC)nn2)c(=O)n3CC2=C(F)CCC=C2F)cc1.CONC=O. The summed E-state index contributed by atoms with van der Waals surface area (Å²) in [5.74, 6) is -1.13. The molecule has 1 aliphatic rings. The van der Waals surface area contributed by atoms with Gasteiger partial charge in [0.1, 0.15) is 16.5 Å². The smallest absolute Gasteiger partial charge is 0.338 e. The van der Waals surface area contributed by atoms with Gasteiger partial charge in [-0.2, -0.15) is 0 Å². The number of thiophene rings is 1. The molecule has 0 unspecified atom stereocenters. The van der Waals surface area contributed by atoms with E-state index in [4.69, 9.17) is 9.53 Å². The summed E-state index contributed by atoms with van der Waals surface area (Å²) in [6.45, 7) is 1.42. The van der Waals surface area contributed by atoms with Crippen LogP contribution in [-0.4, -0.2) is 47.0 Å². The third kappa shape index (κ3) is 5.99. The number of amides is 1. The molecule has 0 aliphatic heterocycles. The van der Waals surface area contributed by atoms with Gasteiger partial charge in [0, 0.05) is 35.7 Å². The molecule has 1 amide bonds. The predicted molar refractivity (Wildman–Crippen MR) is 156 cm³/mol. The van der Waals surface area contributed by atoms with Crippen LogP contribution in [0.1, 0.15) is 18.4 Å². The number of ether oxygens (including phenoxy) is 1. The maximum atomic E-state index is 14.7. The van der Waals surface area contributed by atoms with Gasteiger partial charge in [-0.15, -0.1) is 21.5 Å². The molecular weight excluding hydrogens is 570 g/mol. The first kappa shape index (κ1) is 30.3. The first-order valence-electron chi connectivity index (χ1n) is 12.7. The van der Waals surface area contributed by atoms with Crippen molar-refractivity contribution in [1.29, 1.82) is 0 Å². The number of allylic oxidation sites excluding steroid dienone is 4. The summed E-state index contributed by atoms with van der Waals surface area (Å²) in [5.41, 5.74) is 2.79. The lowest BCUT2D eigenvalue weighted by Crippen LogP contribution is -2.39. The van der Waals surface area contributed by atoms with Gasteiger partial charge in [-0.05, 0) is 48.7 Å². The Balaban J connectivity index is 0.000000748. The average Bonchev–Trinajstić information content (AvgIpc) is 3.34. The first-order valence-corrected chi connectivity index (χ1v) is 13.5. The van der Waals surface area contributed by atoms with Crippen LogP contribution in [0.2, 0.25) is 0 Å². The molecule has 11 nitrogen and oxygen atoms in total. The quantitative estimate of drug-likeness (QED) is 0.228. The van der Waals surface area contributed by atoms with Gasteiger partial charge in [0.05, 0.1) is 26.2 Å². The molecule has 3 aromatic heterocycles. The van der Waals surface area contributed by atoms with Gasteiger partial charge >= 0.3 is 5.69 Å². The van der Waals surface area contributed by atoms with Crippen LogP contribution in [-0.2, 0) is 16.2 Å². The summed E-state index contributed by atoms with van der Waals surface area (Å²) in [6.07, 6.45) is 2.06. The fraction of sp³-hybridized carbons (Fsp3) is 0.250. The Kier molecular flexibility index (Phi) is 9.60. The van der Waals surface area contributed by atoms with Crippen molar-refractivity contribution >= 4 is 33.7 Å². The van der Waals surface area contributed by atoms with Crippen molar-refractivity contribution in [2.75, 3.05) is 26.6 Å². The molecule has 2 N–H and O–H groups in total. The van der Waals surface area contributed by atoms with Gasteiger partial charge in [0.25, 0.3) is 5.56 Å². The largest absolute Gasteiger partial charge is 0.480 e. The molecule has 0 radical (unpaired) electrons. The molecule has 0 fully saturated rings. The standard InChI is InChI=1S/C26H23F2N5O3S.C2H5NO2/c1-14-22-24(34)33(20-11-12-21(36-3)31-30-20)26(35)32(13-17-18(27)5-4-6-19(17)28)25(22)37-23(14)15-7-9-16(29-2)10-8-15;1-5-3-2-4/h5,7-12,29H,4,6,13H2,1-3H3;2H,1H3,(H,3,4). The number of methoxy groups -OCH3 is 1. The van der Waals surface area contributed by atoms with Gasteiger partial charge < -0.3 is 10.1 Å². The Hall–Kier alpha value is -4.69. The van der Waals surface area contributed by atoms with Crippen molar-refractivity contribution in [2.24, 2.45) is 0 Å². The highest BCUT2D eigenvalue weighted by molar-refractivity contribution is 7.22. The number of benzene rings is 1. The minimum absolute atomic E-state index is 0.0221. The van der Waals surface area contributed by atoms with E-state index < -0.39 is 22.9 Å². The van der Waals surface area contributed by atoms with Crippen molar-refractivity contribution in [2.45, 2.75) is 26.3 Å². The minimum atomic E-state index is -0.769. The topological polar surface area (TPSA) is 129 Å². The first-order chi connectivity index (χ1) is 20.2. The lowest BCUT2D eigenvalue weighted by atomic mass is 10.0. The Morgan fingerprint density at radius 1 is 1.10 bits per heavy atom. The maximum absolute atomic E-state index is 14.7. The molecule has 0 saturated carbocycles. The molecule has 14 heteroatoms. The molecule has 0 spiro atoms. The van der Waals surface area contributed by atoms with Crippen LogP contribution in [0.5, 0.6) is 5.88 Å². The molecule has 0 saturated heterocycles. The molecule has 1 aromatic carbocycles. The summed E-state index contributed by atoms with van der Waals surface area (Å²) < 4.78 is 36.5. The molecule has 1 aliphatic carbocycles. The number of rotatable bonds is 8. The van der Waals surface area contributed by atoms with Crippen molar-refractivity contribution in [3.05, 3.63) is 86.1 Å². The zero-order valence-corrected chi connectivity index (χ0v) is 24.1. The number of hydroxylamine groups is 1. The normalized spacial score (nSPS) is 12.9. The van der Waals surface area contributed by atoms with E-state index in [-0.39, 0.29) is 42.0 Å². The fourth-order valence-electron chi connectivity index (χ4n) is 4.39. The van der Waals surface area contributed by atoms with E-state index in [0.717, 1.165) is 20.7 Å². The molecule has 0 atom stereocenters. The maximum Gasteiger partial charge on any atom is 0.338 e. The molecular formula is C28H28F2N6O5S. The predicted octanol–water partition coefficient (Wildman–Crippen LogP) is 4.19. The van der Waals surface area contributed by atoms with E-state index in [2.05, 4.69) is 20.4 Å². The second-order valence-electron chi connectivity index (χ2n) is 8.92. The highest BCUT2D eigenvalue weighted by atomic mass is 32.1. The lowest BCUT2D eigenvalue weighted by Gasteiger charge is -2.16. The van der Waals surface area contributed by atoms with E-state index in [9.17, 15) is 18.4 Å². The summed E-state index contributed by atoms with van der Waals surface area (Å²) in [5, 5.41) is 11.2. The van der Waals surface area contributed by atoms with Gasteiger partial charge in [-0.25, -0.2) is 23.6 Å². The Bertz CT molecular complexity index is 1780. The lowest BCUT2D eigenvalue weighted by molar-refractivity contribution is -0.118. The van der Waals surface area contributed by atoms with E-state index in [1.165, 1.54) is 48.3 Å². The fourth-order valence-corrected chi connectivity index (χ4v) is 5.69. The summed E-state index contributed by atoms with van der Waals surface area (Å²) in [7, 11) is 4.60. The number of aromatic nitrogens is 4. The highest BCUT2D eigenvalue weighted by Gasteiger charge is 2.25. The second kappa shape index (κ2) is 13.3. The van der Waals surface area contributed by atoms with Gasteiger partial charge in [0.15, 0.2) is 5.82 Å². The van der Waals surface area contributed by atoms with E-state index in [1.54, 1.807) is 6.92 Å². The van der Waals surface area contributed by atoms with Crippen molar-refractivity contribution in [3.8, 4) is 22.1 Å².